The first-order valence-electron chi connectivity index (χ1n) is 8.03. The number of benzene rings is 2. The van der Waals surface area contributed by atoms with Crippen LogP contribution >= 0.6 is 0 Å². The molecule has 0 aromatic heterocycles. The summed E-state index contributed by atoms with van der Waals surface area (Å²) in [5.74, 6) is -1.67. The summed E-state index contributed by atoms with van der Waals surface area (Å²) in [4.78, 5) is 13.5. The molecule has 1 unspecified atom stereocenters. The highest BCUT2D eigenvalue weighted by Crippen LogP contribution is 2.42. The molecule has 1 N–H and O–H groups in total. The molecule has 0 saturated heterocycles. The van der Waals surface area contributed by atoms with Gasteiger partial charge >= 0.3 is 5.97 Å². The zero-order valence-electron chi connectivity index (χ0n) is 14.4. The van der Waals surface area contributed by atoms with Crippen molar-refractivity contribution in [2.45, 2.75) is 19.4 Å². The summed E-state index contributed by atoms with van der Waals surface area (Å²) in [6, 6.07) is 13.3. The Balaban J connectivity index is 2.19. The molecule has 1 aliphatic rings. The Morgan fingerprint density at radius 2 is 2.12 bits per heavy atom. The molecule has 0 bridgehead atoms. The molecule has 0 radical (unpaired) electrons. The number of carboxylic acid groups (broad SMARTS) is 1. The average molecular weight is 352 g/mol. The van der Waals surface area contributed by atoms with Crippen LogP contribution in [0.5, 0.6) is 0 Å². The number of halogens is 1. The molecule has 2 aromatic rings. The van der Waals surface area contributed by atoms with Crippen LogP contribution in [-0.2, 0) is 16.1 Å². The van der Waals surface area contributed by atoms with E-state index < -0.39 is 11.9 Å². The molecule has 5 nitrogen and oxygen atoms in total. The Morgan fingerprint density at radius 3 is 2.73 bits per heavy atom. The van der Waals surface area contributed by atoms with Crippen LogP contribution in [0.2, 0.25) is 0 Å². The predicted molar refractivity (Wildman–Crippen MR) is 93.8 cm³/mol. The van der Waals surface area contributed by atoms with Gasteiger partial charge in [-0.3, -0.25) is 0 Å². The van der Waals surface area contributed by atoms with E-state index in [2.05, 4.69) is 6.07 Å². The van der Waals surface area contributed by atoms with Crippen LogP contribution in [0, 0.1) is 17.1 Å². The second-order valence-corrected chi connectivity index (χ2v) is 6.05. The molecule has 1 heterocycles. The molecule has 0 aliphatic carbocycles. The summed E-state index contributed by atoms with van der Waals surface area (Å²) >= 11 is 0. The fraction of sp³-hybridized carbons (Fsp3) is 0.200. The number of aliphatic carboxylic acids is 1. The van der Waals surface area contributed by atoms with Gasteiger partial charge in [0.25, 0.3) is 0 Å². The van der Waals surface area contributed by atoms with Gasteiger partial charge in [-0.2, -0.15) is 5.26 Å². The molecular formula is C20H17FN2O3. The van der Waals surface area contributed by atoms with E-state index in [9.17, 15) is 19.6 Å². The predicted octanol–water partition coefficient (Wildman–Crippen LogP) is 3.76. The van der Waals surface area contributed by atoms with Crippen molar-refractivity contribution in [1.29, 1.82) is 5.26 Å². The van der Waals surface area contributed by atoms with Crippen LogP contribution < -0.4 is 4.90 Å². The van der Waals surface area contributed by atoms with Gasteiger partial charge in [0.05, 0.1) is 25.3 Å². The molecule has 0 amide bonds. The highest BCUT2D eigenvalue weighted by molar-refractivity contribution is 5.92. The zero-order valence-corrected chi connectivity index (χ0v) is 14.4. The largest absolute Gasteiger partial charge is 0.482 e. The topological polar surface area (TPSA) is 73.6 Å². The van der Waals surface area contributed by atoms with Crippen LogP contribution in [0.1, 0.15) is 29.5 Å². The minimum absolute atomic E-state index is 0.126. The number of nitrogens with zero attached hydrogens (tertiary/aromatic N) is 2. The van der Waals surface area contributed by atoms with Gasteiger partial charge in [0, 0.05) is 11.6 Å². The van der Waals surface area contributed by atoms with E-state index in [0.717, 1.165) is 5.56 Å². The standard InChI is InChI=1S/C20H17FN2O3/c1-12-16-7-6-13(10-22)9-17(16)23(19(26-2)18(12)20(24)25)11-14-4-3-5-15(21)8-14/h3-9,12H,11H2,1-2H3,(H,24,25). The van der Waals surface area contributed by atoms with E-state index in [1.807, 2.05) is 0 Å². The van der Waals surface area contributed by atoms with Crippen LogP contribution in [0.25, 0.3) is 0 Å². The highest BCUT2D eigenvalue weighted by atomic mass is 19.1. The minimum Gasteiger partial charge on any atom is -0.482 e. The molecule has 2 aromatic carbocycles. The van der Waals surface area contributed by atoms with E-state index in [0.29, 0.717) is 16.8 Å². The smallest absolute Gasteiger partial charge is 0.337 e. The van der Waals surface area contributed by atoms with Crippen molar-refractivity contribution in [3.05, 3.63) is 76.4 Å². The Labute approximate surface area is 150 Å². The third-order valence-corrected chi connectivity index (χ3v) is 4.48. The van der Waals surface area contributed by atoms with Crippen LogP contribution in [0.3, 0.4) is 0 Å². The minimum atomic E-state index is -1.08. The van der Waals surface area contributed by atoms with Crippen LogP contribution in [0.15, 0.2) is 53.9 Å². The highest BCUT2D eigenvalue weighted by Gasteiger charge is 2.35. The Hall–Kier alpha value is -3.33. The van der Waals surface area contributed by atoms with Crippen molar-refractivity contribution >= 4 is 11.7 Å². The molecular weight excluding hydrogens is 335 g/mol. The summed E-state index contributed by atoms with van der Waals surface area (Å²) in [6.07, 6.45) is 0. The van der Waals surface area contributed by atoms with Crippen molar-refractivity contribution in [2.75, 3.05) is 12.0 Å². The Kier molecular flexibility index (Phi) is 4.63. The maximum Gasteiger partial charge on any atom is 0.337 e. The summed E-state index contributed by atoms with van der Waals surface area (Å²) in [5.41, 5.74) is 2.70. The number of nitriles is 1. The van der Waals surface area contributed by atoms with Gasteiger partial charge in [0.1, 0.15) is 11.4 Å². The summed E-state index contributed by atoms with van der Waals surface area (Å²) in [6.45, 7) is 2.00. The SMILES string of the molecule is COC1=C(C(=O)O)C(C)c2ccc(C#N)cc2N1Cc1cccc(F)c1. The van der Waals surface area contributed by atoms with Gasteiger partial charge in [-0.1, -0.05) is 25.1 Å². The lowest BCUT2D eigenvalue weighted by atomic mass is 9.87. The van der Waals surface area contributed by atoms with E-state index in [1.54, 1.807) is 42.2 Å². The number of carbonyl (C=O) groups is 1. The number of hydrogen-bond acceptors (Lipinski definition) is 4. The van der Waals surface area contributed by atoms with E-state index in [4.69, 9.17) is 4.74 Å². The van der Waals surface area contributed by atoms with Gasteiger partial charge in [-0.15, -0.1) is 0 Å². The molecule has 1 aliphatic heterocycles. The lowest BCUT2D eigenvalue weighted by Crippen LogP contribution is -2.33. The van der Waals surface area contributed by atoms with Crippen LogP contribution in [-0.4, -0.2) is 18.2 Å². The number of fused-ring (bicyclic) bond motifs is 1. The summed E-state index contributed by atoms with van der Waals surface area (Å²) in [7, 11) is 1.41. The number of anilines is 1. The zero-order chi connectivity index (χ0) is 18.8. The number of rotatable bonds is 4. The number of hydrogen-bond donors (Lipinski definition) is 1. The molecule has 26 heavy (non-hydrogen) atoms. The third kappa shape index (κ3) is 3.00. The fourth-order valence-corrected chi connectivity index (χ4v) is 3.28. The second-order valence-electron chi connectivity index (χ2n) is 6.05. The molecule has 0 spiro atoms. The summed E-state index contributed by atoms with van der Waals surface area (Å²) in [5, 5.41) is 18.9. The third-order valence-electron chi connectivity index (χ3n) is 4.48. The van der Waals surface area contributed by atoms with Crippen molar-refractivity contribution in [3.8, 4) is 6.07 Å². The second kappa shape index (κ2) is 6.89. The van der Waals surface area contributed by atoms with E-state index >= 15 is 0 Å². The number of carboxylic acids is 1. The van der Waals surface area contributed by atoms with Crippen molar-refractivity contribution < 1.29 is 19.0 Å². The van der Waals surface area contributed by atoms with Crippen molar-refractivity contribution in [1.82, 2.24) is 0 Å². The monoisotopic (exact) mass is 352 g/mol. The first-order valence-corrected chi connectivity index (χ1v) is 8.03. The first kappa shape index (κ1) is 17.5. The van der Waals surface area contributed by atoms with Gasteiger partial charge in [-0.05, 0) is 35.4 Å². The van der Waals surface area contributed by atoms with Gasteiger partial charge in [0.15, 0.2) is 0 Å². The Morgan fingerprint density at radius 1 is 1.35 bits per heavy atom. The molecule has 0 saturated carbocycles. The molecule has 3 rings (SSSR count). The van der Waals surface area contributed by atoms with Gasteiger partial charge in [-0.25, -0.2) is 9.18 Å². The van der Waals surface area contributed by atoms with Gasteiger partial charge in [0.2, 0.25) is 5.88 Å². The van der Waals surface area contributed by atoms with Crippen molar-refractivity contribution in [3.63, 3.8) is 0 Å². The lowest BCUT2D eigenvalue weighted by molar-refractivity contribution is -0.133. The molecule has 6 heteroatoms. The van der Waals surface area contributed by atoms with Crippen LogP contribution in [0.4, 0.5) is 10.1 Å². The molecule has 132 valence electrons. The lowest BCUT2D eigenvalue weighted by Gasteiger charge is -2.36. The van der Waals surface area contributed by atoms with Gasteiger partial charge < -0.3 is 14.7 Å². The maximum atomic E-state index is 13.6. The number of ether oxygens (including phenoxy) is 1. The van der Waals surface area contributed by atoms with E-state index in [1.165, 1.54) is 19.2 Å². The fourth-order valence-electron chi connectivity index (χ4n) is 3.28. The quantitative estimate of drug-likeness (QED) is 0.907. The maximum absolute atomic E-state index is 13.6. The first-order chi connectivity index (χ1) is 12.5. The normalized spacial score (nSPS) is 16.1. The number of methoxy groups -OCH3 is 1. The summed E-state index contributed by atoms with van der Waals surface area (Å²) < 4.78 is 19.0. The van der Waals surface area contributed by atoms with E-state index in [-0.39, 0.29) is 23.8 Å². The van der Waals surface area contributed by atoms with Crippen molar-refractivity contribution in [2.24, 2.45) is 0 Å². The Bertz CT molecular complexity index is 946. The average Bonchev–Trinajstić information content (AvgIpc) is 2.62. The molecule has 1 atom stereocenters. The molecule has 0 fully saturated rings.